The molecule has 0 bridgehead atoms. The summed E-state index contributed by atoms with van der Waals surface area (Å²) in [5.74, 6) is -0.202. The number of aromatic nitrogens is 1. The number of carbonyl (C=O) groups excluding carboxylic acids is 2. The molecule has 2 rings (SSSR count). The van der Waals surface area contributed by atoms with Crippen LogP contribution in [0.2, 0.25) is 0 Å². The molecule has 22 heavy (non-hydrogen) atoms. The summed E-state index contributed by atoms with van der Waals surface area (Å²) in [7, 11) is 1.68. The Morgan fingerprint density at radius 1 is 1.32 bits per heavy atom. The summed E-state index contributed by atoms with van der Waals surface area (Å²) < 4.78 is 7.28. The zero-order valence-corrected chi connectivity index (χ0v) is 14.5. The molecule has 1 aliphatic heterocycles. The van der Waals surface area contributed by atoms with E-state index < -0.39 is 0 Å². The van der Waals surface area contributed by atoms with Crippen LogP contribution in [-0.4, -0.2) is 40.4 Å². The smallest absolute Gasteiger partial charge is 0.293 e. The molecule has 0 spiro atoms. The highest BCUT2D eigenvalue weighted by molar-refractivity contribution is 8.18. The molecular formula is C16H22N2O3S. The number of methoxy groups -OCH3 is 1. The normalized spacial score (nSPS) is 17.4. The van der Waals surface area contributed by atoms with Gasteiger partial charge in [-0.1, -0.05) is 0 Å². The number of rotatable bonds is 5. The summed E-state index contributed by atoms with van der Waals surface area (Å²) in [5.41, 5.74) is 3.16. The van der Waals surface area contributed by atoms with Crippen molar-refractivity contribution in [2.75, 3.05) is 13.7 Å². The van der Waals surface area contributed by atoms with Crippen LogP contribution in [0.25, 0.3) is 6.08 Å². The molecule has 0 radical (unpaired) electrons. The number of nitrogens with zero attached hydrogens (tertiary/aromatic N) is 2. The van der Waals surface area contributed by atoms with Crippen LogP contribution in [-0.2, 0) is 16.1 Å². The number of amides is 2. The van der Waals surface area contributed by atoms with Gasteiger partial charge in [-0.2, -0.15) is 0 Å². The molecule has 0 saturated carbocycles. The quantitative estimate of drug-likeness (QED) is 0.781. The number of thioether (sulfide) groups is 1. The monoisotopic (exact) mass is 322 g/mol. The van der Waals surface area contributed by atoms with Crippen molar-refractivity contribution in [3.63, 3.8) is 0 Å². The second-order valence-electron chi connectivity index (χ2n) is 5.62. The fourth-order valence-electron chi connectivity index (χ4n) is 2.57. The predicted octanol–water partition coefficient (Wildman–Crippen LogP) is 3.20. The van der Waals surface area contributed by atoms with Crippen molar-refractivity contribution < 1.29 is 14.3 Å². The third-order valence-electron chi connectivity index (χ3n) is 3.76. The summed E-state index contributed by atoms with van der Waals surface area (Å²) in [6, 6.07) is 1.92. The molecule has 5 nitrogen and oxygen atoms in total. The number of hydrogen-bond acceptors (Lipinski definition) is 4. The fraction of sp³-hybridized carbons (Fsp3) is 0.500. The van der Waals surface area contributed by atoms with E-state index in [1.54, 1.807) is 7.11 Å². The Morgan fingerprint density at radius 3 is 2.55 bits per heavy atom. The van der Waals surface area contributed by atoms with Gasteiger partial charge in [-0.25, -0.2) is 0 Å². The van der Waals surface area contributed by atoms with Gasteiger partial charge in [-0.3, -0.25) is 14.5 Å². The Morgan fingerprint density at radius 2 is 2.00 bits per heavy atom. The van der Waals surface area contributed by atoms with Crippen molar-refractivity contribution in [3.05, 3.63) is 27.9 Å². The SMILES string of the molecule is COCCn1c(C)cc(/C=C2\SC(=O)N(C(C)C)C2=O)c1C. The molecule has 1 saturated heterocycles. The van der Waals surface area contributed by atoms with E-state index in [1.807, 2.05) is 39.8 Å². The second-order valence-corrected chi connectivity index (χ2v) is 6.61. The largest absolute Gasteiger partial charge is 0.383 e. The molecule has 120 valence electrons. The van der Waals surface area contributed by atoms with Crippen molar-refractivity contribution >= 4 is 29.0 Å². The van der Waals surface area contributed by atoms with Crippen LogP contribution in [0.5, 0.6) is 0 Å². The molecule has 1 aromatic heterocycles. The first kappa shape index (κ1) is 16.8. The van der Waals surface area contributed by atoms with Crippen LogP contribution in [0.3, 0.4) is 0 Å². The van der Waals surface area contributed by atoms with Gasteiger partial charge in [0.1, 0.15) is 0 Å². The summed E-state index contributed by atoms with van der Waals surface area (Å²) in [6.07, 6.45) is 1.82. The minimum atomic E-state index is -0.202. The molecule has 0 aromatic carbocycles. The van der Waals surface area contributed by atoms with Gasteiger partial charge in [0.2, 0.25) is 0 Å². The number of hydrogen-bond donors (Lipinski definition) is 0. The van der Waals surface area contributed by atoms with Gasteiger partial charge in [0, 0.05) is 31.1 Å². The topological polar surface area (TPSA) is 51.5 Å². The summed E-state index contributed by atoms with van der Waals surface area (Å²) >= 11 is 1.01. The first-order valence-corrected chi connectivity index (χ1v) is 8.11. The molecular weight excluding hydrogens is 300 g/mol. The first-order chi connectivity index (χ1) is 10.4. The van der Waals surface area contributed by atoms with Gasteiger partial charge in [0.05, 0.1) is 11.5 Å². The Hall–Kier alpha value is -1.53. The highest BCUT2D eigenvalue weighted by Crippen LogP contribution is 2.34. The summed E-state index contributed by atoms with van der Waals surface area (Å²) in [5, 5.41) is -0.195. The first-order valence-electron chi connectivity index (χ1n) is 7.29. The lowest BCUT2D eigenvalue weighted by atomic mass is 10.2. The lowest BCUT2D eigenvalue weighted by Gasteiger charge is -2.16. The van der Waals surface area contributed by atoms with Crippen molar-refractivity contribution in [2.45, 2.75) is 40.3 Å². The number of ether oxygens (including phenoxy) is 1. The zero-order valence-electron chi connectivity index (χ0n) is 13.7. The third-order valence-corrected chi connectivity index (χ3v) is 4.64. The predicted molar refractivity (Wildman–Crippen MR) is 88.7 cm³/mol. The van der Waals surface area contributed by atoms with Crippen molar-refractivity contribution in [3.8, 4) is 0 Å². The minimum Gasteiger partial charge on any atom is -0.383 e. The van der Waals surface area contributed by atoms with Gasteiger partial charge in [0.25, 0.3) is 11.1 Å². The van der Waals surface area contributed by atoms with Crippen LogP contribution in [0.1, 0.15) is 30.8 Å². The maximum atomic E-state index is 12.3. The van der Waals surface area contributed by atoms with E-state index in [4.69, 9.17) is 4.74 Å². The Balaban J connectivity index is 2.31. The van der Waals surface area contributed by atoms with Crippen molar-refractivity contribution in [1.82, 2.24) is 9.47 Å². The van der Waals surface area contributed by atoms with Crippen molar-refractivity contribution in [1.29, 1.82) is 0 Å². The highest BCUT2D eigenvalue weighted by Gasteiger charge is 2.36. The molecule has 2 heterocycles. The van der Waals surface area contributed by atoms with Gasteiger partial charge in [-0.05, 0) is 57.2 Å². The van der Waals surface area contributed by atoms with E-state index in [9.17, 15) is 9.59 Å². The summed E-state index contributed by atoms with van der Waals surface area (Å²) in [6.45, 7) is 9.14. The molecule has 1 aromatic rings. The molecule has 0 N–H and O–H groups in total. The van der Waals surface area contributed by atoms with Gasteiger partial charge >= 0.3 is 0 Å². The standard InChI is InChI=1S/C16H22N2O3S/c1-10(2)18-15(19)14(22-16(18)20)9-13-8-11(3)17(12(13)4)6-7-21-5/h8-10H,6-7H2,1-5H3/b14-9-. The molecule has 0 aliphatic carbocycles. The van der Waals surface area contributed by atoms with Crippen LogP contribution >= 0.6 is 11.8 Å². The Bertz CT molecular complexity index is 632. The molecule has 0 unspecified atom stereocenters. The Kier molecular flexibility index (Phi) is 5.13. The highest BCUT2D eigenvalue weighted by atomic mass is 32.2. The molecule has 1 fully saturated rings. The average molecular weight is 322 g/mol. The molecule has 0 atom stereocenters. The number of carbonyl (C=O) groups is 2. The van der Waals surface area contributed by atoms with Crippen LogP contribution in [0, 0.1) is 13.8 Å². The van der Waals surface area contributed by atoms with E-state index >= 15 is 0 Å². The Labute approximate surface area is 135 Å². The lowest BCUT2D eigenvalue weighted by Crippen LogP contribution is -2.34. The van der Waals surface area contributed by atoms with E-state index in [1.165, 1.54) is 4.90 Å². The van der Waals surface area contributed by atoms with Gasteiger partial charge in [-0.15, -0.1) is 0 Å². The molecule has 2 amide bonds. The summed E-state index contributed by atoms with van der Waals surface area (Å²) in [4.78, 5) is 26.1. The number of imide groups is 1. The lowest BCUT2D eigenvalue weighted by molar-refractivity contribution is -0.123. The second kappa shape index (κ2) is 6.71. The number of aryl methyl sites for hydroxylation is 1. The molecule has 6 heteroatoms. The van der Waals surface area contributed by atoms with E-state index in [2.05, 4.69) is 4.57 Å². The van der Waals surface area contributed by atoms with Crippen LogP contribution in [0.4, 0.5) is 4.79 Å². The fourth-order valence-corrected chi connectivity index (χ4v) is 3.52. The van der Waals surface area contributed by atoms with Gasteiger partial charge < -0.3 is 9.30 Å². The van der Waals surface area contributed by atoms with Crippen LogP contribution in [0.15, 0.2) is 11.0 Å². The van der Waals surface area contributed by atoms with E-state index in [-0.39, 0.29) is 17.2 Å². The van der Waals surface area contributed by atoms with E-state index in [0.717, 1.165) is 35.3 Å². The van der Waals surface area contributed by atoms with E-state index in [0.29, 0.717) is 11.5 Å². The van der Waals surface area contributed by atoms with Crippen LogP contribution < -0.4 is 0 Å². The minimum absolute atomic E-state index is 0.118. The van der Waals surface area contributed by atoms with Crippen molar-refractivity contribution in [2.24, 2.45) is 0 Å². The molecule has 1 aliphatic rings. The maximum Gasteiger partial charge on any atom is 0.293 e. The third kappa shape index (κ3) is 3.13. The zero-order chi connectivity index (χ0) is 16.4. The average Bonchev–Trinajstić information content (AvgIpc) is 2.86. The maximum absolute atomic E-state index is 12.3. The van der Waals surface area contributed by atoms with Gasteiger partial charge in [0.15, 0.2) is 0 Å².